The number of sulfonamides is 1. The normalized spacial score (nSPS) is 12.2. The summed E-state index contributed by atoms with van der Waals surface area (Å²) >= 11 is 0. The smallest absolute Gasteiger partial charge is 0.265 e. The first-order valence-electron chi connectivity index (χ1n) is 14.7. The average Bonchev–Trinajstić information content (AvgIpc) is 3.40. The number of nitrogens with zero attached hydrogens (tertiary/aromatic N) is 1. The second-order valence-electron chi connectivity index (χ2n) is 11.1. The first kappa shape index (κ1) is 31.8. The second kappa shape index (κ2) is 13.9. The van der Waals surface area contributed by atoms with E-state index in [0.717, 1.165) is 54.1 Å². The number of carbonyl (C=O) groups is 2. The van der Waals surface area contributed by atoms with Crippen LogP contribution in [0.2, 0.25) is 0 Å². The molecule has 9 heteroatoms. The van der Waals surface area contributed by atoms with E-state index in [1.54, 1.807) is 63.4 Å². The number of hydrogen-bond donors (Lipinski definition) is 2. The monoisotopic (exact) mass is 603 g/mol. The fraction of sp³-hybridized carbons (Fsp3) is 0.353. The third-order valence-corrected chi connectivity index (χ3v) is 9.31. The number of rotatable bonds is 13. The number of aromatic amines is 1. The van der Waals surface area contributed by atoms with Crippen LogP contribution in [0.4, 0.5) is 0 Å². The molecule has 43 heavy (non-hydrogen) atoms. The summed E-state index contributed by atoms with van der Waals surface area (Å²) in [5.74, 6) is -0.0507. The summed E-state index contributed by atoms with van der Waals surface area (Å²) in [4.78, 5) is 30.1. The summed E-state index contributed by atoms with van der Waals surface area (Å²) in [5, 5.41) is 1.13. The van der Waals surface area contributed by atoms with Crippen LogP contribution in [0.25, 0.3) is 10.9 Å². The molecule has 0 aliphatic rings. The van der Waals surface area contributed by atoms with Crippen molar-refractivity contribution in [3.05, 3.63) is 94.7 Å². The van der Waals surface area contributed by atoms with Gasteiger partial charge in [-0.15, -0.1) is 0 Å². The topological polar surface area (TPSA) is 109 Å². The van der Waals surface area contributed by atoms with Crippen LogP contribution in [0.5, 0.6) is 5.75 Å². The van der Waals surface area contributed by atoms with Gasteiger partial charge in [0.2, 0.25) is 5.91 Å². The fourth-order valence-electron chi connectivity index (χ4n) is 5.46. The highest BCUT2D eigenvalue weighted by Gasteiger charge is 2.24. The van der Waals surface area contributed by atoms with Crippen molar-refractivity contribution in [3.8, 4) is 5.75 Å². The number of unbranched alkanes of at least 4 members (excludes halogenated alkanes) is 1. The Bertz CT molecular complexity index is 1710. The summed E-state index contributed by atoms with van der Waals surface area (Å²) in [6.45, 7) is 3.82. The molecule has 1 heterocycles. The Balaban J connectivity index is 1.59. The van der Waals surface area contributed by atoms with Gasteiger partial charge < -0.3 is 14.6 Å². The summed E-state index contributed by atoms with van der Waals surface area (Å²) in [6.07, 6.45) is 7.04. The number of H-pyrrole nitrogens is 1. The van der Waals surface area contributed by atoms with E-state index in [2.05, 4.69) is 34.8 Å². The van der Waals surface area contributed by atoms with Crippen LogP contribution in [-0.4, -0.2) is 51.3 Å². The Morgan fingerprint density at radius 2 is 1.77 bits per heavy atom. The van der Waals surface area contributed by atoms with Crippen LogP contribution < -0.4 is 9.46 Å². The van der Waals surface area contributed by atoms with Gasteiger partial charge >= 0.3 is 0 Å². The molecule has 1 unspecified atom stereocenters. The van der Waals surface area contributed by atoms with E-state index in [9.17, 15) is 18.0 Å². The SMILES string of the molecule is CCCC(c1ccc(C(=O)NS(=O)(=O)c2ccccc2C)cc1OC)c1c[nH]c2ccc(CCCCC(=O)N(C)C)cc12. The van der Waals surface area contributed by atoms with Gasteiger partial charge in [-0.3, -0.25) is 9.59 Å². The Kier molecular flexibility index (Phi) is 10.3. The average molecular weight is 604 g/mol. The van der Waals surface area contributed by atoms with Crippen LogP contribution in [0.1, 0.15) is 77.6 Å². The number of nitrogens with one attached hydrogen (secondary N) is 2. The summed E-state index contributed by atoms with van der Waals surface area (Å²) in [7, 11) is 1.09. The Morgan fingerprint density at radius 3 is 2.47 bits per heavy atom. The number of amides is 2. The molecule has 4 rings (SSSR count). The van der Waals surface area contributed by atoms with Crippen molar-refractivity contribution >= 4 is 32.7 Å². The minimum atomic E-state index is -4.04. The molecule has 0 aliphatic carbocycles. The minimum Gasteiger partial charge on any atom is -0.496 e. The lowest BCUT2D eigenvalue weighted by Crippen LogP contribution is -2.31. The summed E-state index contributed by atoms with van der Waals surface area (Å²) in [6, 6.07) is 18.1. The molecule has 1 aromatic heterocycles. The first-order valence-corrected chi connectivity index (χ1v) is 16.1. The van der Waals surface area contributed by atoms with Gasteiger partial charge in [-0.1, -0.05) is 43.7 Å². The molecule has 2 N–H and O–H groups in total. The maximum Gasteiger partial charge on any atom is 0.265 e. The molecule has 0 bridgehead atoms. The second-order valence-corrected chi connectivity index (χ2v) is 12.8. The van der Waals surface area contributed by atoms with Crippen molar-refractivity contribution in [2.75, 3.05) is 21.2 Å². The molecular weight excluding hydrogens is 562 g/mol. The number of carbonyl (C=O) groups excluding carboxylic acids is 2. The molecule has 8 nitrogen and oxygen atoms in total. The van der Waals surface area contributed by atoms with Crippen LogP contribution in [-0.2, 0) is 21.2 Å². The Hall–Kier alpha value is -4.11. The van der Waals surface area contributed by atoms with Crippen molar-refractivity contribution < 1.29 is 22.7 Å². The predicted molar refractivity (Wildman–Crippen MR) is 170 cm³/mol. The number of benzene rings is 3. The zero-order valence-electron chi connectivity index (χ0n) is 25.6. The van der Waals surface area contributed by atoms with Gasteiger partial charge in [0, 0.05) is 54.7 Å². The highest BCUT2D eigenvalue weighted by Crippen LogP contribution is 2.39. The number of aromatic nitrogens is 1. The van der Waals surface area contributed by atoms with Gasteiger partial charge in [-0.05, 0) is 79.6 Å². The molecule has 0 fully saturated rings. The zero-order valence-corrected chi connectivity index (χ0v) is 26.4. The Labute approximate surface area is 254 Å². The molecule has 0 aliphatic heterocycles. The van der Waals surface area contributed by atoms with Crippen LogP contribution in [0, 0.1) is 6.92 Å². The van der Waals surface area contributed by atoms with Crippen molar-refractivity contribution in [3.63, 3.8) is 0 Å². The van der Waals surface area contributed by atoms with E-state index in [1.807, 2.05) is 12.3 Å². The molecule has 0 saturated heterocycles. The van der Waals surface area contributed by atoms with Gasteiger partial charge in [0.15, 0.2) is 0 Å². The van der Waals surface area contributed by atoms with E-state index in [4.69, 9.17) is 4.74 Å². The lowest BCUT2D eigenvalue weighted by molar-refractivity contribution is -0.128. The highest BCUT2D eigenvalue weighted by molar-refractivity contribution is 7.90. The molecule has 228 valence electrons. The number of fused-ring (bicyclic) bond motifs is 1. The van der Waals surface area contributed by atoms with E-state index in [-0.39, 0.29) is 22.3 Å². The fourth-order valence-corrected chi connectivity index (χ4v) is 6.68. The van der Waals surface area contributed by atoms with Crippen molar-refractivity contribution in [2.45, 2.75) is 63.2 Å². The lowest BCUT2D eigenvalue weighted by atomic mass is 9.86. The van der Waals surface area contributed by atoms with Gasteiger partial charge in [0.25, 0.3) is 15.9 Å². The molecule has 2 amide bonds. The quantitative estimate of drug-likeness (QED) is 0.174. The molecular formula is C34H41N3O5S. The van der Waals surface area contributed by atoms with Crippen molar-refractivity contribution in [1.82, 2.24) is 14.6 Å². The minimum absolute atomic E-state index is 0.00512. The Morgan fingerprint density at radius 1 is 1.00 bits per heavy atom. The van der Waals surface area contributed by atoms with E-state index in [0.29, 0.717) is 17.7 Å². The largest absolute Gasteiger partial charge is 0.496 e. The number of methoxy groups -OCH3 is 1. The standard InChI is InChI=1S/C34H41N3O5S/c1-6-11-26(29-22-35-30-19-16-24(20-28(29)30)13-8-10-15-33(38)37(3)4)27-18-17-25(21-31(27)42-5)34(39)36-43(40,41)32-14-9-7-12-23(32)2/h7,9,12,14,16-22,26,35H,6,8,10-11,13,15H2,1-5H3,(H,36,39). The molecule has 0 radical (unpaired) electrons. The van der Waals surface area contributed by atoms with Gasteiger partial charge in [0.05, 0.1) is 12.0 Å². The number of hydrogen-bond acceptors (Lipinski definition) is 5. The van der Waals surface area contributed by atoms with Crippen LogP contribution in [0.15, 0.2) is 71.8 Å². The number of aryl methyl sites for hydroxylation is 2. The van der Waals surface area contributed by atoms with Gasteiger partial charge in [-0.2, -0.15) is 0 Å². The van der Waals surface area contributed by atoms with Crippen LogP contribution >= 0.6 is 0 Å². The maximum atomic E-state index is 13.1. The summed E-state index contributed by atoms with van der Waals surface area (Å²) in [5.41, 5.74) is 5.07. The van der Waals surface area contributed by atoms with Crippen molar-refractivity contribution in [1.29, 1.82) is 0 Å². The van der Waals surface area contributed by atoms with E-state index < -0.39 is 15.9 Å². The maximum absolute atomic E-state index is 13.1. The summed E-state index contributed by atoms with van der Waals surface area (Å²) < 4.78 is 33.8. The lowest BCUT2D eigenvalue weighted by Gasteiger charge is -2.20. The molecule has 1 atom stereocenters. The molecule has 0 spiro atoms. The third kappa shape index (κ3) is 7.46. The van der Waals surface area contributed by atoms with Gasteiger partial charge in [0.1, 0.15) is 5.75 Å². The van der Waals surface area contributed by atoms with Crippen molar-refractivity contribution in [2.24, 2.45) is 0 Å². The number of ether oxygens (including phenoxy) is 1. The van der Waals surface area contributed by atoms with Crippen LogP contribution in [0.3, 0.4) is 0 Å². The van der Waals surface area contributed by atoms with E-state index >= 15 is 0 Å². The van der Waals surface area contributed by atoms with E-state index in [1.165, 1.54) is 11.6 Å². The third-order valence-electron chi connectivity index (χ3n) is 7.82. The molecule has 3 aromatic carbocycles. The first-order chi connectivity index (χ1) is 20.6. The van der Waals surface area contributed by atoms with Gasteiger partial charge in [-0.25, -0.2) is 13.1 Å². The molecule has 0 saturated carbocycles. The highest BCUT2D eigenvalue weighted by atomic mass is 32.2. The molecule has 4 aromatic rings. The zero-order chi connectivity index (χ0) is 31.1. The predicted octanol–water partition coefficient (Wildman–Crippen LogP) is 6.34.